The molecule has 1 aromatic carbocycles. The van der Waals surface area contributed by atoms with Gasteiger partial charge < -0.3 is 5.73 Å². The van der Waals surface area contributed by atoms with Gasteiger partial charge in [0, 0.05) is 24.5 Å². The Labute approximate surface area is 83.5 Å². The van der Waals surface area contributed by atoms with Gasteiger partial charge in [-0.15, -0.1) is 0 Å². The van der Waals surface area contributed by atoms with E-state index < -0.39 is 0 Å². The predicted octanol–water partition coefficient (Wildman–Crippen LogP) is 1.38. The first-order chi connectivity index (χ1) is 6.74. The summed E-state index contributed by atoms with van der Waals surface area (Å²) >= 11 is 0. The van der Waals surface area contributed by atoms with Crippen molar-refractivity contribution in [1.82, 2.24) is 9.78 Å². The molecule has 3 heteroatoms. The molecule has 0 aliphatic carbocycles. The molecule has 1 aromatic heterocycles. The number of fused-ring (bicyclic) bond motifs is 1. The largest absolute Gasteiger partial charge is 0.330 e. The van der Waals surface area contributed by atoms with Crippen LogP contribution in [0.2, 0.25) is 0 Å². The Bertz CT molecular complexity index is 457. The number of aromatic nitrogens is 2. The molecule has 3 nitrogen and oxygen atoms in total. The minimum atomic E-state index is 0.670. The maximum absolute atomic E-state index is 5.59. The lowest BCUT2D eigenvalue weighted by atomic mass is 10.1. The quantitative estimate of drug-likeness (QED) is 0.775. The summed E-state index contributed by atoms with van der Waals surface area (Å²) in [6, 6.07) is 6.20. The van der Waals surface area contributed by atoms with Crippen molar-refractivity contribution in [2.24, 2.45) is 12.8 Å². The van der Waals surface area contributed by atoms with Gasteiger partial charge in [0.15, 0.2) is 0 Å². The van der Waals surface area contributed by atoms with Crippen LogP contribution < -0.4 is 5.73 Å². The molecule has 0 amide bonds. The predicted molar refractivity (Wildman–Crippen MR) is 58.2 cm³/mol. The van der Waals surface area contributed by atoms with Gasteiger partial charge in [0.1, 0.15) is 0 Å². The molecule has 0 saturated heterocycles. The zero-order valence-electron chi connectivity index (χ0n) is 8.62. The molecule has 0 aliphatic rings. The zero-order valence-corrected chi connectivity index (χ0v) is 8.62. The monoisotopic (exact) mass is 189 g/mol. The number of rotatable bonds is 2. The van der Waals surface area contributed by atoms with Crippen LogP contribution in [0.4, 0.5) is 0 Å². The third-order valence-corrected chi connectivity index (χ3v) is 2.57. The van der Waals surface area contributed by atoms with Gasteiger partial charge in [-0.2, -0.15) is 5.10 Å². The van der Waals surface area contributed by atoms with E-state index >= 15 is 0 Å². The average molecular weight is 189 g/mol. The van der Waals surface area contributed by atoms with Crippen LogP contribution >= 0.6 is 0 Å². The second-order valence-corrected chi connectivity index (χ2v) is 3.58. The summed E-state index contributed by atoms with van der Waals surface area (Å²) in [6.07, 6.45) is 0.887. The van der Waals surface area contributed by atoms with Crippen LogP contribution in [0, 0.1) is 6.92 Å². The Balaban J connectivity index is 2.73. The van der Waals surface area contributed by atoms with E-state index in [1.807, 2.05) is 23.9 Å². The third-order valence-electron chi connectivity index (χ3n) is 2.57. The molecule has 0 saturated carbocycles. The summed E-state index contributed by atoms with van der Waals surface area (Å²) in [5.41, 5.74) is 9.17. The minimum absolute atomic E-state index is 0.670. The molecule has 0 unspecified atom stereocenters. The van der Waals surface area contributed by atoms with Crippen LogP contribution in [0.3, 0.4) is 0 Å². The van der Waals surface area contributed by atoms with Gasteiger partial charge in [-0.05, 0) is 25.1 Å². The fraction of sp³-hybridized carbons (Fsp3) is 0.364. The van der Waals surface area contributed by atoms with Gasteiger partial charge in [-0.1, -0.05) is 12.1 Å². The van der Waals surface area contributed by atoms with Gasteiger partial charge >= 0.3 is 0 Å². The minimum Gasteiger partial charge on any atom is -0.330 e. The van der Waals surface area contributed by atoms with Crippen LogP contribution in [0.5, 0.6) is 0 Å². The highest BCUT2D eigenvalue weighted by Crippen LogP contribution is 2.21. The summed E-state index contributed by atoms with van der Waals surface area (Å²) in [6.45, 7) is 2.78. The van der Waals surface area contributed by atoms with E-state index in [4.69, 9.17) is 5.73 Å². The Hall–Kier alpha value is -1.35. The summed E-state index contributed by atoms with van der Waals surface area (Å²) in [5.74, 6) is 0. The number of nitrogens with zero attached hydrogens (tertiary/aromatic N) is 2. The van der Waals surface area contributed by atoms with Crippen LogP contribution in [-0.2, 0) is 13.5 Å². The van der Waals surface area contributed by atoms with Crippen molar-refractivity contribution in [2.75, 3.05) is 6.54 Å². The molecule has 0 spiro atoms. The lowest BCUT2D eigenvalue weighted by molar-refractivity contribution is 0.715. The van der Waals surface area contributed by atoms with E-state index in [-0.39, 0.29) is 0 Å². The van der Waals surface area contributed by atoms with E-state index in [0.717, 1.165) is 11.9 Å². The Kier molecular flexibility index (Phi) is 2.25. The van der Waals surface area contributed by atoms with Gasteiger partial charge in [0.05, 0.1) is 5.52 Å². The highest BCUT2D eigenvalue weighted by molar-refractivity contribution is 5.84. The standard InChI is InChI=1S/C11H15N3/c1-8-4-3-5-9-11(8)10(6-7-12)14(2)13-9/h3-5H,6-7,12H2,1-2H3. The van der Waals surface area contributed by atoms with E-state index in [1.54, 1.807) is 0 Å². The van der Waals surface area contributed by atoms with Crippen LogP contribution in [0.25, 0.3) is 10.9 Å². The van der Waals surface area contributed by atoms with Crippen molar-refractivity contribution in [3.63, 3.8) is 0 Å². The lowest BCUT2D eigenvalue weighted by Crippen LogP contribution is -2.07. The SMILES string of the molecule is Cc1cccc2nn(C)c(CCN)c12. The molecular weight excluding hydrogens is 174 g/mol. The fourth-order valence-corrected chi connectivity index (χ4v) is 1.92. The number of hydrogen-bond donors (Lipinski definition) is 1. The van der Waals surface area contributed by atoms with E-state index in [9.17, 15) is 0 Å². The molecule has 0 atom stereocenters. The maximum Gasteiger partial charge on any atom is 0.0928 e. The molecule has 1 heterocycles. The summed E-state index contributed by atoms with van der Waals surface area (Å²) in [7, 11) is 1.98. The van der Waals surface area contributed by atoms with Gasteiger partial charge in [0.2, 0.25) is 0 Å². The van der Waals surface area contributed by atoms with Gasteiger partial charge in [-0.3, -0.25) is 4.68 Å². The van der Waals surface area contributed by atoms with Crippen LogP contribution in [-0.4, -0.2) is 16.3 Å². The zero-order chi connectivity index (χ0) is 10.1. The second-order valence-electron chi connectivity index (χ2n) is 3.58. The molecule has 0 radical (unpaired) electrons. The van der Waals surface area contributed by atoms with Crippen molar-refractivity contribution >= 4 is 10.9 Å². The molecule has 0 fully saturated rings. The first kappa shape index (κ1) is 9.21. The van der Waals surface area contributed by atoms with Crippen molar-refractivity contribution in [3.8, 4) is 0 Å². The molecular formula is C11H15N3. The second kappa shape index (κ2) is 3.42. The number of nitrogens with two attached hydrogens (primary N) is 1. The molecule has 14 heavy (non-hydrogen) atoms. The Morgan fingerprint density at radius 3 is 2.93 bits per heavy atom. The highest BCUT2D eigenvalue weighted by atomic mass is 15.3. The normalized spacial score (nSPS) is 11.1. The summed E-state index contributed by atoms with van der Waals surface area (Å²) in [4.78, 5) is 0. The average Bonchev–Trinajstić information content (AvgIpc) is 2.45. The molecule has 0 aliphatic heterocycles. The fourth-order valence-electron chi connectivity index (χ4n) is 1.92. The summed E-state index contributed by atoms with van der Waals surface area (Å²) < 4.78 is 1.94. The first-order valence-corrected chi connectivity index (χ1v) is 4.85. The number of hydrogen-bond acceptors (Lipinski definition) is 2. The highest BCUT2D eigenvalue weighted by Gasteiger charge is 2.09. The van der Waals surface area contributed by atoms with E-state index in [1.165, 1.54) is 16.6 Å². The van der Waals surface area contributed by atoms with Crippen LogP contribution in [0.1, 0.15) is 11.3 Å². The van der Waals surface area contributed by atoms with Crippen molar-refractivity contribution in [3.05, 3.63) is 29.5 Å². The molecule has 2 aromatic rings. The topological polar surface area (TPSA) is 43.8 Å². The molecule has 0 bridgehead atoms. The smallest absolute Gasteiger partial charge is 0.0928 e. The summed E-state index contributed by atoms with van der Waals surface area (Å²) in [5, 5.41) is 5.72. The van der Waals surface area contributed by atoms with Crippen molar-refractivity contribution in [1.29, 1.82) is 0 Å². The molecule has 2 rings (SSSR count). The van der Waals surface area contributed by atoms with Gasteiger partial charge in [0.25, 0.3) is 0 Å². The van der Waals surface area contributed by atoms with Gasteiger partial charge in [-0.25, -0.2) is 0 Å². The number of benzene rings is 1. The van der Waals surface area contributed by atoms with E-state index in [2.05, 4.69) is 18.1 Å². The number of aryl methyl sites for hydroxylation is 2. The third kappa shape index (κ3) is 1.30. The van der Waals surface area contributed by atoms with E-state index in [0.29, 0.717) is 6.54 Å². The van der Waals surface area contributed by atoms with Crippen LogP contribution in [0.15, 0.2) is 18.2 Å². The Morgan fingerprint density at radius 2 is 2.21 bits per heavy atom. The molecule has 74 valence electrons. The van der Waals surface area contributed by atoms with Crippen molar-refractivity contribution in [2.45, 2.75) is 13.3 Å². The first-order valence-electron chi connectivity index (χ1n) is 4.85. The van der Waals surface area contributed by atoms with Crippen molar-refractivity contribution < 1.29 is 0 Å². The lowest BCUT2D eigenvalue weighted by Gasteiger charge is -2.01. The maximum atomic E-state index is 5.59. The Morgan fingerprint density at radius 1 is 1.43 bits per heavy atom. The molecule has 2 N–H and O–H groups in total.